The Balaban J connectivity index is 1.73. The fraction of sp³-hybridized carbons (Fsp3) is 0.543. The summed E-state index contributed by atoms with van der Waals surface area (Å²) in [6.07, 6.45) is -9.27. The maximum atomic E-state index is 12.5. The van der Waals surface area contributed by atoms with Gasteiger partial charge in [-0.3, -0.25) is 19.2 Å². The van der Waals surface area contributed by atoms with E-state index in [2.05, 4.69) is 5.32 Å². The predicted octanol–water partition coefficient (Wildman–Crippen LogP) is 2.59. The summed E-state index contributed by atoms with van der Waals surface area (Å²) in [5.41, 5.74) is 1.82. The van der Waals surface area contributed by atoms with Gasteiger partial charge in [0.2, 0.25) is 5.91 Å². The van der Waals surface area contributed by atoms with Gasteiger partial charge in [0.25, 0.3) is 0 Å². The topological polar surface area (TPSA) is 163 Å². The SMILES string of the molecule is CO[C@@H]1O[C@@H](C)[C@H](OCc2ccccc2)[C@@H](OCc2ccccc2)[C@H]1O[C@@H]1O[C@H](COC(C)=O)[C@@H](OC(C)=O)[C@H](OC(C)=O)[C@H]1NC(C)=O. The Morgan fingerprint density at radius 2 is 1.22 bits per heavy atom. The van der Waals surface area contributed by atoms with Gasteiger partial charge in [-0.05, 0) is 18.1 Å². The summed E-state index contributed by atoms with van der Waals surface area (Å²) in [6.45, 7) is 6.67. The highest BCUT2D eigenvalue weighted by Crippen LogP contribution is 2.34. The van der Waals surface area contributed by atoms with Crippen LogP contribution in [-0.2, 0) is 75.0 Å². The van der Waals surface area contributed by atoms with Crippen molar-refractivity contribution in [2.45, 2.75) is 109 Å². The summed E-state index contributed by atoms with van der Waals surface area (Å²) < 4.78 is 54.2. The minimum atomic E-state index is -1.39. The molecule has 2 aliphatic heterocycles. The van der Waals surface area contributed by atoms with Gasteiger partial charge < -0.3 is 47.9 Å². The van der Waals surface area contributed by atoms with Gasteiger partial charge in [0.05, 0.1) is 19.3 Å². The number of hydrogen-bond donors (Lipinski definition) is 1. The third-order valence-corrected chi connectivity index (χ3v) is 7.89. The zero-order valence-corrected chi connectivity index (χ0v) is 28.5. The molecule has 14 heteroatoms. The molecule has 0 aliphatic carbocycles. The largest absolute Gasteiger partial charge is 0.463 e. The maximum absolute atomic E-state index is 12.5. The minimum Gasteiger partial charge on any atom is -0.463 e. The Morgan fingerprint density at radius 1 is 0.673 bits per heavy atom. The normalized spacial score (nSPS) is 29.8. The Hall–Kier alpha value is -3.92. The zero-order chi connectivity index (χ0) is 35.5. The number of rotatable bonds is 14. The van der Waals surface area contributed by atoms with Crippen molar-refractivity contribution < 1.29 is 61.8 Å². The number of amides is 1. The second-order valence-corrected chi connectivity index (χ2v) is 11.8. The van der Waals surface area contributed by atoms with Crippen LogP contribution in [0.15, 0.2) is 60.7 Å². The first kappa shape index (κ1) is 37.9. The van der Waals surface area contributed by atoms with E-state index >= 15 is 0 Å². The lowest BCUT2D eigenvalue weighted by molar-refractivity contribution is -0.357. The molecule has 10 atom stereocenters. The number of carbonyl (C=O) groups is 4. The summed E-state index contributed by atoms with van der Waals surface area (Å²) >= 11 is 0. The molecule has 2 saturated heterocycles. The highest BCUT2D eigenvalue weighted by Gasteiger charge is 2.55. The lowest BCUT2D eigenvalue weighted by atomic mass is 9.95. The van der Waals surface area contributed by atoms with E-state index in [1.165, 1.54) is 27.9 Å². The molecule has 0 radical (unpaired) electrons. The van der Waals surface area contributed by atoms with Crippen LogP contribution < -0.4 is 5.32 Å². The molecule has 2 aromatic carbocycles. The van der Waals surface area contributed by atoms with Crippen LogP contribution in [0.5, 0.6) is 0 Å². The van der Waals surface area contributed by atoms with Gasteiger partial charge in [-0.1, -0.05) is 60.7 Å². The molecular formula is C35H45NO13. The number of benzene rings is 2. The first-order valence-corrected chi connectivity index (χ1v) is 16.0. The Morgan fingerprint density at radius 3 is 1.73 bits per heavy atom. The average molecular weight is 688 g/mol. The molecule has 1 amide bonds. The maximum Gasteiger partial charge on any atom is 0.303 e. The van der Waals surface area contributed by atoms with E-state index in [1.54, 1.807) is 0 Å². The monoisotopic (exact) mass is 687 g/mol. The van der Waals surface area contributed by atoms with Crippen LogP contribution >= 0.6 is 0 Å². The van der Waals surface area contributed by atoms with Crippen LogP contribution in [0.3, 0.4) is 0 Å². The first-order valence-electron chi connectivity index (χ1n) is 16.0. The number of ether oxygens (including phenoxy) is 9. The van der Waals surface area contributed by atoms with Gasteiger partial charge in [0.1, 0.15) is 37.1 Å². The molecule has 0 bridgehead atoms. The summed E-state index contributed by atoms with van der Waals surface area (Å²) in [4.78, 5) is 48.9. The van der Waals surface area contributed by atoms with Crippen LogP contribution in [0.4, 0.5) is 0 Å². The molecule has 49 heavy (non-hydrogen) atoms. The van der Waals surface area contributed by atoms with E-state index in [-0.39, 0.29) is 19.8 Å². The number of hydrogen-bond acceptors (Lipinski definition) is 13. The fourth-order valence-electron chi connectivity index (χ4n) is 5.82. The van der Waals surface area contributed by atoms with Crippen molar-refractivity contribution in [3.8, 4) is 0 Å². The molecule has 2 aromatic rings. The minimum absolute atomic E-state index is 0.181. The number of nitrogens with one attached hydrogen (secondary N) is 1. The van der Waals surface area contributed by atoms with Crippen molar-refractivity contribution in [1.29, 1.82) is 0 Å². The highest BCUT2D eigenvalue weighted by molar-refractivity contribution is 5.73. The molecule has 2 fully saturated rings. The molecule has 4 rings (SSSR count). The van der Waals surface area contributed by atoms with Crippen molar-refractivity contribution in [2.24, 2.45) is 0 Å². The van der Waals surface area contributed by atoms with Gasteiger partial charge in [0, 0.05) is 34.8 Å². The molecule has 0 saturated carbocycles. The number of esters is 3. The van der Waals surface area contributed by atoms with Crippen LogP contribution in [-0.4, -0.2) is 98.9 Å². The van der Waals surface area contributed by atoms with Crippen molar-refractivity contribution in [3.05, 3.63) is 71.8 Å². The van der Waals surface area contributed by atoms with E-state index < -0.39 is 85.2 Å². The van der Waals surface area contributed by atoms with Gasteiger partial charge in [-0.15, -0.1) is 0 Å². The van der Waals surface area contributed by atoms with Gasteiger partial charge in [-0.2, -0.15) is 0 Å². The van der Waals surface area contributed by atoms with Crippen LogP contribution in [0.2, 0.25) is 0 Å². The lowest BCUT2D eigenvalue weighted by Gasteiger charge is -2.49. The van der Waals surface area contributed by atoms with E-state index in [0.29, 0.717) is 0 Å². The molecule has 0 aromatic heterocycles. The summed E-state index contributed by atoms with van der Waals surface area (Å²) in [5, 5.41) is 2.72. The van der Waals surface area contributed by atoms with Gasteiger partial charge >= 0.3 is 17.9 Å². The Kier molecular flexibility index (Phi) is 14.1. The van der Waals surface area contributed by atoms with Crippen LogP contribution in [0, 0.1) is 0 Å². The molecule has 1 N–H and O–H groups in total. The van der Waals surface area contributed by atoms with Gasteiger partial charge in [-0.25, -0.2) is 0 Å². The fourth-order valence-corrected chi connectivity index (χ4v) is 5.82. The highest BCUT2D eigenvalue weighted by atomic mass is 16.8. The van der Waals surface area contributed by atoms with Crippen molar-refractivity contribution in [2.75, 3.05) is 13.7 Å². The molecule has 14 nitrogen and oxygen atoms in total. The third kappa shape index (κ3) is 10.8. The predicted molar refractivity (Wildman–Crippen MR) is 170 cm³/mol. The standard InChI is InChI=1S/C35H45NO13/c1-20-29(43-17-25-13-9-7-10-14-25)32(44-18-26-15-11-8-12-16-26)33(35(41-6)45-20)49-34-28(36-21(2)37)31(47-24(5)40)30(46-23(4)39)27(48-34)19-42-22(3)38/h7-16,20,27-35H,17-19H2,1-6H3,(H,36,37)/t20-,27+,28+,29-,30+,31+,32+,33+,34-,35+/m0/s1. The van der Waals surface area contributed by atoms with Crippen molar-refractivity contribution >= 4 is 23.8 Å². The van der Waals surface area contributed by atoms with Gasteiger partial charge in [0.15, 0.2) is 24.8 Å². The first-order chi connectivity index (χ1) is 23.5. The molecule has 0 unspecified atom stereocenters. The van der Waals surface area contributed by atoms with E-state index in [0.717, 1.165) is 18.1 Å². The lowest BCUT2D eigenvalue weighted by Crippen LogP contribution is -2.69. The number of methoxy groups -OCH3 is 1. The number of carbonyl (C=O) groups excluding carboxylic acids is 4. The average Bonchev–Trinajstić information content (AvgIpc) is 3.06. The quantitative estimate of drug-likeness (QED) is 0.228. The van der Waals surface area contributed by atoms with E-state index in [1.807, 2.05) is 67.6 Å². The smallest absolute Gasteiger partial charge is 0.303 e. The van der Waals surface area contributed by atoms with E-state index in [4.69, 9.17) is 42.6 Å². The van der Waals surface area contributed by atoms with Crippen LogP contribution in [0.1, 0.15) is 45.7 Å². The second-order valence-electron chi connectivity index (χ2n) is 11.8. The van der Waals surface area contributed by atoms with Crippen LogP contribution in [0.25, 0.3) is 0 Å². The zero-order valence-electron chi connectivity index (χ0n) is 28.5. The summed E-state index contributed by atoms with van der Waals surface area (Å²) in [5.74, 6) is -2.59. The molecular weight excluding hydrogens is 642 g/mol. The summed E-state index contributed by atoms with van der Waals surface area (Å²) in [7, 11) is 1.45. The molecule has 2 heterocycles. The molecule has 2 aliphatic rings. The van der Waals surface area contributed by atoms with Crippen molar-refractivity contribution in [1.82, 2.24) is 5.32 Å². The third-order valence-electron chi connectivity index (χ3n) is 7.89. The Bertz CT molecular complexity index is 1380. The van der Waals surface area contributed by atoms with E-state index in [9.17, 15) is 19.2 Å². The second kappa shape index (κ2) is 18.2. The molecule has 0 spiro atoms. The van der Waals surface area contributed by atoms with Crippen molar-refractivity contribution in [3.63, 3.8) is 0 Å². The molecule has 268 valence electrons. The summed E-state index contributed by atoms with van der Waals surface area (Å²) in [6, 6.07) is 17.9. The Labute approximate surface area is 285 Å².